The van der Waals surface area contributed by atoms with E-state index in [1.54, 1.807) is 18.2 Å². The van der Waals surface area contributed by atoms with E-state index >= 15 is 0 Å². The fourth-order valence-corrected chi connectivity index (χ4v) is 5.83. The third-order valence-corrected chi connectivity index (χ3v) is 12.2. The Morgan fingerprint density at radius 3 is 2.47 bits per heavy atom. The zero-order chi connectivity index (χ0) is 28.4. The number of rotatable bonds is 10. The van der Waals surface area contributed by atoms with Crippen LogP contribution in [0, 0.1) is 16.0 Å². The number of ether oxygens (including phenoxy) is 2. The molecule has 1 aliphatic rings. The zero-order valence-corrected chi connectivity index (χ0v) is 24.6. The molecule has 11 heteroatoms. The highest BCUT2D eigenvalue weighted by atomic mass is 28.4. The smallest absolute Gasteiger partial charge is 0.330 e. The highest BCUT2D eigenvalue weighted by molar-refractivity contribution is 6.74. The van der Waals surface area contributed by atoms with Gasteiger partial charge in [-0.05, 0) is 36.5 Å². The van der Waals surface area contributed by atoms with E-state index < -0.39 is 36.8 Å². The number of aromatic amines is 1. The number of hydrogen-bond acceptors (Lipinski definition) is 7. The summed E-state index contributed by atoms with van der Waals surface area (Å²) in [7, 11) is -2.07. The summed E-state index contributed by atoms with van der Waals surface area (Å²) in [5, 5.41) is 11.6. The zero-order valence-electron chi connectivity index (χ0n) is 23.6. The molecule has 0 saturated carbocycles. The minimum absolute atomic E-state index is 0.0312. The first-order chi connectivity index (χ1) is 17.7. The number of benzene rings is 1. The van der Waals surface area contributed by atoms with Gasteiger partial charge in [0, 0.05) is 18.7 Å². The largest absolute Gasteiger partial charge is 0.411 e. The van der Waals surface area contributed by atoms with E-state index in [2.05, 4.69) is 38.8 Å². The van der Waals surface area contributed by atoms with E-state index in [0.717, 1.165) is 6.42 Å². The van der Waals surface area contributed by atoms with Gasteiger partial charge in [-0.3, -0.25) is 24.5 Å². The maximum absolute atomic E-state index is 12.8. The number of hydrogen-bond donors (Lipinski definition) is 1. The van der Waals surface area contributed by atoms with Crippen LogP contribution in [0.1, 0.15) is 77.8 Å². The molecule has 0 spiro atoms. The van der Waals surface area contributed by atoms with Crippen LogP contribution in [-0.4, -0.2) is 35.0 Å². The average molecular weight is 548 g/mol. The van der Waals surface area contributed by atoms with Crippen molar-refractivity contribution in [1.29, 1.82) is 0 Å². The number of para-hydroxylation sites is 1. The van der Waals surface area contributed by atoms with Crippen LogP contribution in [0.15, 0.2) is 40.1 Å². The minimum atomic E-state index is -2.07. The molecule has 2 aromatic rings. The molecule has 1 aromatic carbocycles. The lowest BCUT2D eigenvalue weighted by molar-refractivity contribution is -0.386. The van der Waals surface area contributed by atoms with Gasteiger partial charge in [-0.15, -0.1) is 0 Å². The molecule has 0 aliphatic carbocycles. The van der Waals surface area contributed by atoms with Gasteiger partial charge in [0.15, 0.2) is 8.32 Å². The fourth-order valence-electron chi connectivity index (χ4n) is 4.47. The molecule has 0 amide bonds. The van der Waals surface area contributed by atoms with Crippen molar-refractivity contribution in [2.45, 2.75) is 104 Å². The van der Waals surface area contributed by atoms with Gasteiger partial charge in [-0.2, -0.15) is 0 Å². The van der Waals surface area contributed by atoms with Gasteiger partial charge in [0.25, 0.3) is 11.2 Å². The first-order valence-electron chi connectivity index (χ1n) is 13.2. The van der Waals surface area contributed by atoms with E-state index in [9.17, 15) is 19.7 Å². The van der Waals surface area contributed by atoms with E-state index in [1.807, 2.05) is 20.8 Å². The molecule has 210 valence electrons. The van der Waals surface area contributed by atoms with Crippen molar-refractivity contribution in [3.05, 3.63) is 72.5 Å². The van der Waals surface area contributed by atoms with E-state index in [-0.39, 0.29) is 41.0 Å². The predicted molar refractivity (Wildman–Crippen MR) is 148 cm³/mol. The summed E-state index contributed by atoms with van der Waals surface area (Å²) in [6.45, 7) is 16.6. The van der Waals surface area contributed by atoms with Gasteiger partial charge in [0.05, 0.1) is 41.0 Å². The monoisotopic (exact) mass is 547 g/mol. The Hall–Kier alpha value is -2.60. The lowest BCUT2D eigenvalue weighted by atomic mass is 9.97. The van der Waals surface area contributed by atoms with Gasteiger partial charge >= 0.3 is 5.69 Å². The van der Waals surface area contributed by atoms with Crippen LogP contribution >= 0.6 is 0 Å². The molecular weight excluding hydrogens is 506 g/mol. The quantitative estimate of drug-likeness (QED) is 0.238. The SMILES string of the molecule is CC[C@H]1O[C@@H](n2cc(CO[C@H](c3ccccc3[N+](=O)[O-])C(C)C)c(=O)[nH]c2=O)C[C@H]1O[Si](C)(C)C(C)(C)C. The molecule has 1 fully saturated rings. The normalized spacial score (nSPS) is 21.1. The summed E-state index contributed by atoms with van der Waals surface area (Å²) in [5.41, 5.74) is -0.490. The van der Waals surface area contributed by atoms with Gasteiger partial charge in [0.2, 0.25) is 0 Å². The van der Waals surface area contributed by atoms with E-state index in [0.29, 0.717) is 12.0 Å². The number of nitrogens with one attached hydrogen (secondary N) is 1. The van der Waals surface area contributed by atoms with Crippen LogP contribution in [0.4, 0.5) is 5.69 Å². The molecule has 1 aliphatic heterocycles. The summed E-state index contributed by atoms with van der Waals surface area (Å²) in [6.07, 6.45) is 1.16. The van der Waals surface area contributed by atoms with Crippen molar-refractivity contribution >= 4 is 14.0 Å². The van der Waals surface area contributed by atoms with E-state index in [1.165, 1.54) is 16.8 Å². The average Bonchev–Trinajstić information content (AvgIpc) is 3.21. The van der Waals surface area contributed by atoms with Crippen molar-refractivity contribution < 1.29 is 18.8 Å². The van der Waals surface area contributed by atoms with E-state index in [4.69, 9.17) is 13.9 Å². The topological polar surface area (TPSA) is 126 Å². The minimum Gasteiger partial charge on any atom is -0.411 e. The number of nitro benzene ring substituents is 1. The molecule has 0 bridgehead atoms. The summed E-state index contributed by atoms with van der Waals surface area (Å²) >= 11 is 0. The number of nitro groups is 1. The molecule has 1 aromatic heterocycles. The molecular formula is C27H41N3O7Si. The lowest BCUT2D eigenvalue weighted by Crippen LogP contribution is -2.45. The van der Waals surface area contributed by atoms with Crippen molar-refractivity contribution in [3.63, 3.8) is 0 Å². The number of aromatic nitrogens is 2. The Labute approximate surface area is 224 Å². The van der Waals surface area contributed by atoms with Gasteiger partial charge in [-0.25, -0.2) is 4.79 Å². The van der Waals surface area contributed by atoms with Crippen LogP contribution in [0.2, 0.25) is 18.1 Å². The van der Waals surface area contributed by atoms with Crippen molar-refractivity contribution in [2.75, 3.05) is 0 Å². The Balaban J connectivity index is 1.85. The Morgan fingerprint density at radius 1 is 1.24 bits per heavy atom. The molecule has 10 nitrogen and oxygen atoms in total. The van der Waals surface area contributed by atoms with Gasteiger partial charge in [-0.1, -0.05) is 53.7 Å². The molecule has 38 heavy (non-hydrogen) atoms. The molecule has 1 N–H and O–H groups in total. The lowest BCUT2D eigenvalue weighted by Gasteiger charge is -2.39. The first kappa shape index (κ1) is 29.9. The van der Waals surface area contributed by atoms with Crippen LogP contribution in [0.25, 0.3) is 0 Å². The maximum atomic E-state index is 12.8. The van der Waals surface area contributed by atoms with Gasteiger partial charge < -0.3 is 13.9 Å². The molecule has 1 saturated heterocycles. The van der Waals surface area contributed by atoms with Crippen LogP contribution in [0.3, 0.4) is 0 Å². The summed E-state index contributed by atoms with van der Waals surface area (Å²) in [5.74, 6) is -0.0993. The number of H-pyrrole nitrogens is 1. The number of nitrogens with zero attached hydrogens (tertiary/aromatic N) is 2. The molecule has 0 unspecified atom stereocenters. The third kappa shape index (κ3) is 6.51. The van der Waals surface area contributed by atoms with Crippen LogP contribution < -0.4 is 11.2 Å². The van der Waals surface area contributed by atoms with Crippen molar-refractivity contribution in [2.24, 2.45) is 5.92 Å². The maximum Gasteiger partial charge on any atom is 0.330 e. The van der Waals surface area contributed by atoms with Gasteiger partial charge in [0.1, 0.15) is 6.23 Å². The Morgan fingerprint density at radius 2 is 1.89 bits per heavy atom. The van der Waals surface area contributed by atoms with Crippen LogP contribution in [0.5, 0.6) is 0 Å². The molecule has 0 radical (unpaired) electrons. The Kier molecular flexibility index (Phi) is 9.18. The summed E-state index contributed by atoms with van der Waals surface area (Å²) in [4.78, 5) is 39.0. The standard InChI is InChI=1S/C27H41N3O7Si/c1-9-21-22(37-38(7,8)27(4,5)6)14-23(36-21)29-15-18(25(31)28-26(29)32)16-35-24(17(2)3)19-12-10-11-13-20(19)30(33)34/h10-13,15,17,21-24H,9,14,16H2,1-8H3,(H,28,31,32)/t21-,22-,23-,24+/m1/s1. The third-order valence-electron chi connectivity index (χ3n) is 7.65. The first-order valence-corrected chi connectivity index (χ1v) is 16.1. The molecule has 3 rings (SSSR count). The second-order valence-corrected chi connectivity index (χ2v) is 16.6. The second kappa shape index (κ2) is 11.6. The fraction of sp³-hybridized carbons (Fsp3) is 0.630. The summed E-state index contributed by atoms with van der Waals surface area (Å²) < 4.78 is 20.4. The molecule has 2 heterocycles. The Bertz CT molecular complexity index is 1250. The van der Waals surface area contributed by atoms with Crippen molar-refractivity contribution in [3.8, 4) is 0 Å². The molecule has 4 atom stereocenters. The highest BCUT2D eigenvalue weighted by Gasteiger charge is 2.44. The second-order valence-electron chi connectivity index (χ2n) is 11.8. The van der Waals surface area contributed by atoms with Crippen molar-refractivity contribution in [1.82, 2.24) is 9.55 Å². The predicted octanol–water partition coefficient (Wildman–Crippen LogP) is 5.45. The van der Waals surface area contributed by atoms with Crippen LogP contribution in [-0.2, 0) is 20.5 Å². The summed E-state index contributed by atoms with van der Waals surface area (Å²) in [6, 6.07) is 6.42. The highest BCUT2D eigenvalue weighted by Crippen LogP contribution is 2.41.